The number of amides is 1. The van der Waals surface area contributed by atoms with Crippen LogP contribution in [0.15, 0.2) is 34.6 Å². The molecule has 1 aliphatic rings. The van der Waals surface area contributed by atoms with Crippen LogP contribution in [-0.4, -0.2) is 22.1 Å². The van der Waals surface area contributed by atoms with Crippen LogP contribution in [0.4, 0.5) is 0 Å². The van der Waals surface area contributed by atoms with Gasteiger partial charge in [0.25, 0.3) is 11.5 Å². The molecule has 0 bridgehead atoms. The number of aromatic nitrogens is 1. The van der Waals surface area contributed by atoms with Gasteiger partial charge >= 0.3 is 0 Å². The number of pyridine rings is 1. The van der Waals surface area contributed by atoms with Gasteiger partial charge in [-0.25, -0.2) is 0 Å². The van der Waals surface area contributed by atoms with Gasteiger partial charge in [-0.1, -0.05) is 0 Å². The second-order valence-electron chi connectivity index (χ2n) is 5.66. The molecule has 3 rings (SSSR count). The minimum Gasteiger partial charge on any atom is -0.383 e. The Hall–Kier alpha value is -1.92. The van der Waals surface area contributed by atoms with Crippen LogP contribution in [0.25, 0.3) is 0 Å². The van der Waals surface area contributed by atoms with E-state index in [0.717, 1.165) is 18.4 Å². The highest BCUT2D eigenvalue weighted by Crippen LogP contribution is 2.37. The van der Waals surface area contributed by atoms with Crippen molar-refractivity contribution < 1.29 is 9.90 Å². The van der Waals surface area contributed by atoms with Crippen molar-refractivity contribution in [2.75, 3.05) is 6.54 Å². The maximum atomic E-state index is 12.2. The third-order valence-corrected chi connectivity index (χ3v) is 5.13. The van der Waals surface area contributed by atoms with E-state index in [9.17, 15) is 14.7 Å². The average Bonchev–Trinajstić information content (AvgIpc) is 2.98. The third kappa shape index (κ3) is 2.60. The molecule has 0 fully saturated rings. The number of carbonyl (C=O) groups is 1. The summed E-state index contributed by atoms with van der Waals surface area (Å²) in [5.41, 5.74) is -0.379. The zero-order valence-electron chi connectivity index (χ0n) is 12.3. The lowest BCUT2D eigenvalue weighted by molar-refractivity contribution is 0.0197. The van der Waals surface area contributed by atoms with Gasteiger partial charge in [0.1, 0.15) is 11.2 Å². The van der Waals surface area contributed by atoms with Gasteiger partial charge in [0, 0.05) is 18.1 Å². The number of aliphatic hydroxyl groups is 1. The van der Waals surface area contributed by atoms with Gasteiger partial charge in [0.15, 0.2) is 0 Å². The van der Waals surface area contributed by atoms with Crippen LogP contribution in [0.3, 0.4) is 0 Å². The first-order valence-corrected chi connectivity index (χ1v) is 8.12. The zero-order chi connectivity index (χ0) is 15.7. The summed E-state index contributed by atoms with van der Waals surface area (Å²) in [6.45, 7) is 0.119. The molecule has 5 nitrogen and oxygen atoms in total. The Morgan fingerprint density at radius 3 is 3.14 bits per heavy atom. The van der Waals surface area contributed by atoms with Crippen molar-refractivity contribution >= 4 is 17.2 Å². The van der Waals surface area contributed by atoms with Crippen molar-refractivity contribution in [3.8, 4) is 0 Å². The smallest absolute Gasteiger partial charge is 0.263 e. The highest BCUT2D eigenvalue weighted by molar-refractivity contribution is 7.10. The van der Waals surface area contributed by atoms with Gasteiger partial charge in [-0.05, 0) is 48.4 Å². The summed E-state index contributed by atoms with van der Waals surface area (Å²) in [6.07, 6.45) is 4.09. The number of nitrogens with one attached hydrogen (secondary N) is 1. The molecule has 2 aromatic rings. The van der Waals surface area contributed by atoms with E-state index >= 15 is 0 Å². The molecule has 22 heavy (non-hydrogen) atoms. The van der Waals surface area contributed by atoms with Crippen molar-refractivity contribution in [3.05, 3.63) is 56.1 Å². The van der Waals surface area contributed by atoms with Crippen molar-refractivity contribution in [3.63, 3.8) is 0 Å². The Bertz CT molecular complexity index is 765. The predicted octanol–water partition coefficient (Wildman–Crippen LogP) is 1.40. The lowest BCUT2D eigenvalue weighted by Gasteiger charge is -2.32. The Kier molecular flexibility index (Phi) is 3.88. The number of rotatable bonds is 3. The second-order valence-corrected chi connectivity index (χ2v) is 6.66. The minimum absolute atomic E-state index is 0.0925. The molecule has 1 unspecified atom stereocenters. The normalized spacial score (nSPS) is 20.5. The minimum atomic E-state index is -1.04. The van der Waals surface area contributed by atoms with E-state index in [1.165, 1.54) is 15.5 Å². The molecule has 1 aliphatic carbocycles. The standard InChI is InChI=1S/C16H18N2O3S/c1-18-8-3-4-11(15(18)20)14(19)17-10-16(21)7-2-5-13-12(16)6-9-22-13/h3-4,6,8-9,21H,2,5,7,10H2,1H3,(H,17,19). The van der Waals surface area contributed by atoms with Gasteiger partial charge in [-0.2, -0.15) is 0 Å². The number of hydrogen-bond donors (Lipinski definition) is 2. The summed E-state index contributed by atoms with van der Waals surface area (Å²) in [4.78, 5) is 25.3. The van der Waals surface area contributed by atoms with Gasteiger partial charge in [-0.3, -0.25) is 9.59 Å². The van der Waals surface area contributed by atoms with Crippen molar-refractivity contribution in [2.24, 2.45) is 7.05 Å². The first kappa shape index (κ1) is 15.0. The van der Waals surface area contributed by atoms with Crippen LogP contribution >= 0.6 is 11.3 Å². The molecule has 0 aliphatic heterocycles. The van der Waals surface area contributed by atoms with Gasteiger partial charge in [0.2, 0.25) is 0 Å². The van der Waals surface area contributed by atoms with Crippen molar-refractivity contribution in [2.45, 2.75) is 24.9 Å². The Balaban J connectivity index is 1.77. The Labute approximate surface area is 132 Å². The third-order valence-electron chi connectivity index (χ3n) is 4.15. The number of nitrogens with zero attached hydrogens (tertiary/aromatic N) is 1. The highest BCUT2D eigenvalue weighted by Gasteiger charge is 2.35. The van der Waals surface area contributed by atoms with Crippen LogP contribution in [0.2, 0.25) is 0 Å². The number of aryl methyl sites for hydroxylation is 2. The maximum Gasteiger partial charge on any atom is 0.263 e. The summed E-state index contributed by atoms with van der Waals surface area (Å²) >= 11 is 1.64. The Morgan fingerprint density at radius 1 is 1.50 bits per heavy atom. The van der Waals surface area contributed by atoms with Crippen LogP contribution < -0.4 is 10.9 Å². The van der Waals surface area contributed by atoms with E-state index in [2.05, 4.69) is 5.32 Å². The first-order chi connectivity index (χ1) is 10.5. The molecule has 2 N–H and O–H groups in total. The van der Waals surface area contributed by atoms with Gasteiger partial charge in [-0.15, -0.1) is 11.3 Å². The quantitative estimate of drug-likeness (QED) is 0.898. The molecule has 116 valence electrons. The van der Waals surface area contributed by atoms with Crippen LogP contribution in [0.1, 0.15) is 33.6 Å². The topological polar surface area (TPSA) is 71.3 Å². The lowest BCUT2D eigenvalue weighted by Crippen LogP contribution is -2.43. The van der Waals surface area contributed by atoms with Gasteiger partial charge in [0.05, 0.1) is 6.54 Å². The summed E-state index contributed by atoms with van der Waals surface area (Å²) in [5.74, 6) is -0.447. The van der Waals surface area contributed by atoms with E-state index in [1.807, 2.05) is 11.4 Å². The Morgan fingerprint density at radius 2 is 2.32 bits per heavy atom. The largest absolute Gasteiger partial charge is 0.383 e. The molecule has 0 saturated carbocycles. The van der Waals surface area contributed by atoms with E-state index in [0.29, 0.717) is 6.42 Å². The van der Waals surface area contributed by atoms with Crippen molar-refractivity contribution in [1.82, 2.24) is 9.88 Å². The molecule has 1 atom stereocenters. The summed E-state index contributed by atoms with van der Waals surface area (Å²) < 4.78 is 1.36. The van der Waals surface area contributed by atoms with Crippen LogP contribution in [-0.2, 0) is 19.1 Å². The van der Waals surface area contributed by atoms with Crippen LogP contribution in [0.5, 0.6) is 0 Å². The summed E-state index contributed by atoms with van der Waals surface area (Å²) in [7, 11) is 1.60. The molecule has 0 saturated heterocycles. The summed E-state index contributed by atoms with van der Waals surface area (Å²) in [5, 5.41) is 15.5. The highest BCUT2D eigenvalue weighted by atomic mass is 32.1. The van der Waals surface area contributed by atoms with E-state index in [-0.39, 0.29) is 17.7 Å². The first-order valence-electron chi connectivity index (χ1n) is 7.24. The molecule has 6 heteroatoms. The maximum absolute atomic E-state index is 12.2. The molecule has 0 spiro atoms. The molecule has 0 radical (unpaired) electrons. The number of carbonyl (C=O) groups excluding carboxylic acids is 1. The molecule has 2 aromatic heterocycles. The summed E-state index contributed by atoms with van der Waals surface area (Å²) in [6, 6.07) is 5.08. The molecular weight excluding hydrogens is 300 g/mol. The van der Waals surface area contributed by atoms with Crippen molar-refractivity contribution in [1.29, 1.82) is 0 Å². The number of thiophene rings is 1. The van der Waals surface area contributed by atoms with E-state index in [4.69, 9.17) is 0 Å². The molecule has 2 heterocycles. The monoisotopic (exact) mass is 318 g/mol. The number of fused-ring (bicyclic) bond motifs is 1. The van der Waals surface area contributed by atoms with E-state index in [1.54, 1.807) is 30.6 Å². The predicted molar refractivity (Wildman–Crippen MR) is 85.2 cm³/mol. The van der Waals surface area contributed by atoms with Gasteiger partial charge < -0.3 is 15.0 Å². The SMILES string of the molecule is Cn1cccc(C(=O)NCC2(O)CCCc3sccc32)c1=O. The molecule has 0 aromatic carbocycles. The lowest BCUT2D eigenvalue weighted by atomic mass is 9.83. The fraction of sp³-hybridized carbons (Fsp3) is 0.375. The molecule has 1 amide bonds. The fourth-order valence-electron chi connectivity index (χ4n) is 2.90. The average molecular weight is 318 g/mol. The fourth-order valence-corrected chi connectivity index (χ4v) is 3.92. The number of hydrogen-bond acceptors (Lipinski definition) is 4. The molecular formula is C16H18N2O3S. The van der Waals surface area contributed by atoms with E-state index < -0.39 is 11.5 Å². The second kappa shape index (κ2) is 5.70. The zero-order valence-corrected chi connectivity index (χ0v) is 13.2. The van der Waals surface area contributed by atoms with Crippen LogP contribution in [0, 0.1) is 0 Å².